The quantitative estimate of drug-likeness (QED) is 0.665. The summed E-state index contributed by atoms with van der Waals surface area (Å²) in [6.45, 7) is 11.0. The Bertz CT molecular complexity index is 865. The van der Waals surface area contributed by atoms with E-state index in [1.165, 1.54) is 6.42 Å². The van der Waals surface area contributed by atoms with Crippen LogP contribution in [0.15, 0.2) is 48.7 Å². The molecule has 0 N–H and O–H groups in total. The van der Waals surface area contributed by atoms with E-state index in [0.29, 0.717) is 12.3 Å². The van der Waals surface area contributed by atoms with Gasteiger partial charge in [0.25, 0.3) is 0 Å². The second kappa shape index (κ2) is 10.8. The number of hydrogen-bond acceptors (Lipinski definition) is 5. The number of hydrogen-bond donors (Lipinski definition) is 0. The molecule has 32 heavy (non-hydrogen) atoms. The van der Waals surface area contributed by atoms with Crippen molar-refractivity contribution in [3.63, 3.8) is 0 Å². The summed E-state index contributed by atoms with van der Waals surface area (Å²) in [7, 11) is 0. The molecule has 6 nitrogen and oxygen atoms in total. The van der Waals surface area contributed by atoms with E-state index in [0.717, 1.165) is 69.4 Å². The Balaban J connectivity index is 1.25. The Morgan fingerprint density at radius 2 is 1.94 bits per heavy atom. The smallest absolute Gasteiger partial charge is 0.227 e. The number of piperazine rings is 1. The number of amides is 1. The Labute approximate surface area is 192 Å². The molecule has 2 aliphatic rings. The van der Waals surface area contributed by atoms with Crippen LogP contribution in [0.2, 0.25) is 0 Å². The number of pyridine rings is 1. The third-order valence-corrected chi connectivity index (χ3v) is 6.36. The normalized spacial score (nSPS) is 19.9. The molecule has 2 fully saturated rings. The molecule has 0 bridgehead atoms. The van der Waals surface area contributed by atoms with Crippen molar-refractivity contribution < 1.29 is 9.53 Å². The van der Waals surface area contributed by atoms with Gasteiger partial charge in [0, 0.05) is 52.0 Å². The standard InChI is InChI=1S/C26H36N4O2/c1-21(2)32-24-9-5-7-22(17-24)18-26(31)30-12-6-8-23(20-30)19-28-13-15-29(16-14-28)25-10-3-4-11-27-25/h3-5,7,9-11,17,21,23H,6,8,12-16,18-20H2,1-2H3. The summed E-state index contributed by atoms with van der Waals surface area (Å²) in [4.78, 5) is 24.5. The highest BCUT2D eigenvalue weighted by atomic mass is 16.5. The highest BCUT2D eigenvalue weighted by Gasteiger charge is 2.27. The minimum atomic E-state index is 0.134. The third kappa shape index (κ3) is 6.22. The molecule has 172 valence electrons. The summed E-state index contributed by atoms with van der Waals surface area (Å²) in [5, 5.41) is 0. The van der Waals surface area contributed by atoms with Gasteiger partial charge in [-0.3, -0.25) is 9.69 Å². The van der Waals surface area contributed by atoms with E-state index < -0.39 is 0 Å². The minimum Gasteiger partial charge on any atom is -0.491 e. The van der Waals surface area contributed by atoms with Crippen molar-refractivity contribution in [1.29, 1.82) is 0 Å². The molecule has 1 aromatic carbocycles. The summed E-state index contributed by atoms with van der Waals surface area (Å²) >= 11 is 0. The second-order valence-corrected chi connectivity index (χ2v) is 9.31. The van der Waals surface area contributed by atoms with Crippen molar-refractivity contribution >= 4 is 11.7 Å². The number of carbonyl (C=O) groups excluding carboxylic acids is 1. The van der Waals surface area contributed by atoms with Crippen LogP contribution in [0.3, 0.4) is 0 Å². The van der Waals surface area contributed by atoms with Gasteiger partial charge in [-0.1, -0.05) is 18.2 Å². The number of likely N-dealkylation sites (tertiary alicyclic amines) is 1. The average molecular weight is 437 g/mol. The van der Waals surface area contributed by atoms with E-state index in [-0.39, 0.29) is 12.0 Å². The Kier molecular flexibility index (Phi) is 7.63. The summed E-state index contributed by atoms with van der Waals surface area (Å²) in [5.74, 6) is 2.71. The first-order chi connectivity index (χ1) is 15.6. The number of aromatic nitrogens is 1. The number of anilines is 1. The molecule has 2 saturated heterocycles. The molecule has 2 aromatic rings. The molecule has 2 aliphatic heterocycles. The SMILES string of the molecule is CC(C)Oc1cccc(CC(=O)N2CCCC(CN3CCN(c4ccccn4)CC3)C2)c1. The van der Waals surface area contributed by atoms with Gasteiger partial charge in [0.2, 0.25) is 5.91 Å². The molecular weight excluding hydrogens is 400 g/mol. The Hall–Kier alpha value is -2.60. The molecule has 0 saturated carbocycles. The van der Waals surface area contributed by atoms with Crippen molar-refractivity contribution in [3.05, 3.63) is 54.2 Å². The van der Waals surface area contributed by atoms with Crippen molar-refractivity contribution in [2.75, 3.05) is 50.7 Å². The lowest BCUT2D eigenvalue weighted by atomic mass is 9.96. The lowest BCUT2D eigenvalue weighted by Gasteiger charge is -2.39. The predicted octanol–water partition coefficient (Wildman–Crippen LogP) is 3.47. The van der Waals surface area contributed by atoms with Gasteiger partial charge in [0.05, 0.1) is 12.5 Å². The largest absolute Gasteiger partial charge is 0.491 e. The molecule has 4 rings (SSSR count). The van der Waals surface area contributed by atoms with Crippen molar-refractivity contribution in [2.24, 2.45) is 5.92 Å². The highest BCUT2D eigenvalue weighted by molar-refractivity contribution is 5.79. The molecule has 1 atom stereocenters. The molecule has 1 unspecified atom stereocenters. The van der Waals surface area contributed by atoms with E-state index in [2.05, 4.69) is 31.8 Å². The molecule has 1 aromatic heterocycles. The molecule has 6 heteroatoms. The number of carbonyl (C=O) groups is 1. The maximum Gasteiger partial charge on any atom is 0.227 e. The van der Waals surface area contributed by atoms with E-state index in [1.54, 1.807) is 0 Å². The van der Waals surface area contributed by atoms with Crippen LogP contribution in [0.1, 0.15) is 32.3 Å². The van der Waals surface area contributed by atoms with Gasteiger partial charge < -0.3 is 14.5 Å². The van der Waals surface area contributed by atoms with Crippen molar-refractivity contribution in [2.45, 2.75) is 39.2 Å². The molecule has 1 amide bonds. The predicted molar refractivity (Wildman–Crippen MR) is 128 cm³/mol. The zero-order valence-corrected chi connectivity index (χ0v) is 19.4. The van der Waals surface area contributed by atoms with Crippen LogP contribution in [0.4, 0.5) is 5.82 Å². The lowest BCUT2D eigenvalue weighted by Crippen LogP contribution is -2.50. The van der Waals surface area contributed by atoms with Gasteiger partial charge in [0.1, 0.15) is 11.6 Å². The fourth-order valence-electron chi connectivity index (χ4n) is 4.79. The Morgan fingerprint density at radius 3 is 2.69 bits per heavy atom. The number of benzene rings is 1. The zero-order valence-electron chi connectivity index (χ0n) is 19.4. The molecular formula is C26H36N4O2. The summed E-state index contributed by atoms with van der Waals surface area (Å²) in [6, 6.07) is 14.1. The van der Waals surface area contributed by atoms with Crippen LogP contribution in [0, 0.1) is 5.92 Å². The second-order valence-electron chi connectivity index (χ2n) is 9.31. The van der Waals surface area contributed by atoms with Gasteiger partial charge in [0.15, 0.2) is 0 Å². The van der Waals surface area contributed by atoms with Gasteiger partial charge >= 0.3 is 0 Å². The summed E-state index contributed by atoms with van der Waals surface area (Å²) in [6.07, 6.45) is 4.76. The first kappa shape index (κ1) is 22.6. The van der Waals surface area contributed by atoms with E-state index in [4.69, 9.17) is 4.74 Å². The Morgan fingerprint density at radius 1 is 1.09 bits per heavy atom. The molecule has 0 spiro atoms. The van der Waals surface area contributed by atoms with Crippen LogP contribution >= 0.6 is 0 Å². The van der Waals surface area contributed by atoms with Crippen LogP contribution in [-0.2, 0) is 11.2 Å². The summed E-state index contributed by atoms with van der Waals surface area (Å²) < 4.78 is 5.78. The van der Waals surface area contributed by atoms with Gasteiger partial charge in [-0.25, -0.2) is 4.98 Å². The van der Waals surface area contributed by atoms with Crippen LogP contribution in [-0.4, -0.2) is 72.6 Å². The highest BCUT2D eigenvalue weighted by Crippen LogP contribution is 2.21. The lowest BCUT2D eigenvalue weighted by molar-refractivity contribution is -0.132. The first-order valence-corrected chi connectivity index (χ1v) is 12.0. The third-order valence-electron chi connectivity index (χ3n) is 6.36. The topological polar surface area (TPSA) is 48.9 Å². The average Bonchev–Trinajstić information content (AvgIpc) is 2.80. The monoisotopic (exact) mass is 436 g/mol. The zero-order chi connectivity index (χ0) is 22.3. The van der Waals surface area contributed by atoms with E-state index in [1.807, 2.05) is 50.4 Å². The summed E-state index contributed by atoms with van der Waals surface area (Å²) in [5.41, 5.74) is 1.03. The molecule has 3 heterocycles. The van der Waals surface area contributed by atoms with Gasteiger partial charge in [-0.15, -0.1) is 0 Å². The van der Waals surface area contributed by atoms with Crippen LogP contribution in [0.5, 0.6) is 5.75 Å². The van der Waals surface area contributed by atoms with E-state index >= 15 is 0 Å². The maximum atomic E-state index is 13.0. The number of nitrogens with zero attached hydrogens (tertiary/aromatic N) is 4. The van der Waals surface area contributed by atoms with Crippen molar-refractivity contribution in [3.8, 4) is 5.75 Å². The van der Waals surface area contributed by atoms with Crippen LogP contribution in [0.25, 0.3) is 0 Å². The number of piperidine rings is 1. The first-order valence-electron chi connectivity index (χ1n) is 12.0. The number of rotatable bonds is 7. The molecule has 0 aliphatic carbocycles. The number of ether oxygens (including phenoxy) is 1. The van der Waals surface area contributed by atoms with E-state index in [9.17, 15) is 4.79 Å². The fourth-order valence-corrected chi connectivity index (χ4v) is 4.79. The fraction of sp³-hybridized carbons (Fsp3) is 0.538. The minimum absolute atomic E-state index is 0.134. The van der Waals surface area contributed by atoms with Gasteiger partial charge in [-0.05, 0) is 62.4 Å². The molecule has 0 radical (unpaired) electrons. The maximum absolute atomic E-state index is 13.0. The van der Waals surface area contributed by atoms with Gasteiger partial charge in [-0.2, -0.15) is 0 Å². The van der Waals surface area contributed by atoms with Crippen LogP contribution < -0.4 is 9.64 Å². The van der Waals surface area contributed by atoms with Crippen molar-refractivity contribution in [1.82, 2.24) is 14.8 Å².